The van der Waals surface area contributed by atoms with Crippen LogP contribution in [0.4, 0.5) is 5.82 Å². The number of benzene rings is 1. The van der Waals surface area contributed by atoms with Gasteiger partial charge in [0.2, 0.25) is 0 Å². The number of hydrogen-bond donors (Lipinski definition) is 1. The van der Waals surface area contributed by atoms with E-state index < -0.39 is 0 Å². The lowest BCUT2D eigenvalue weighted by molar-refractivity contribution is 0.697. The van der Waals surface area contributed by atoms with Crippen LogP contribution in [0.15, 0.2) is 36.8 Å². The molecule has 0 amide bonds. The minimum atomic E-state index is 0.542. The van der Waals surface area contributed by atoms with E-state index >= 15 is 0 Å². The molecule has 2 N–H and O–H groups in total. The summed E-state index contributed by atoms with van der Waals surface area (Å²) >= 11 is 0. The molecule has 102 valence electrons. The Morgan fingerprint density at radius 3 is 2.60 bits per heavy atom. The van der Waals surface area contributed by atoms with Crippen molar-refractivity contribution in [3.05, 3.63) is 42.4 Å². The van der Waals surface area contributed by atoms with E-state index in [2.05, 4.69) is 58.8 Å². The molecule has 4 nitrogen and oxygen atoms in total. The summed E-state index contributed by atoms with van der Waals surface area (Å²) < 4.78 is 2.16. The molecule has 2 heterocycles. The maximum absolute atomic E-state index is 6.07. The second kappa shape index (κ2) is 4.96. The summed E-state index contributed by atoms with van der Waals surface area (Å²) in [4.78, 5) is 8.53. The van der Waals surface area contributed by atoms with Gasteiger partial charge >= 0.3 is 0 Å². The monoisotopic (exact) mass is 266 g/mol. The zero-order valence-electron chi connectivity index (χ0n) is 11.8. The minimum absolute atomic E-state index is 0.542. The minimum Gasteiger partial charge on any atom is -0.383 e. The average Bonchev–Trinajstić information content (AvgIpc) is 2.81. The zero-order chi connectivity index (χ0) is 14.1. The average molecular weight is 266 g/mol. The molecular formula is C16H18N4. The fraction of sp³-hybridized carbons (Fsp3) is 0.250. The van der Waals surface area contributed by atoms with Crippen molar-refractivity contribution in [2.75, 3.05) is 5.73 Å². The van der Waals surface area contributed by atoms with Gasteiger partial charge in [0.05, 0.1) is 5.39 Å². The van der Waals surface area contributed by atoms with Gasteiger partial charge in [0.1, 0.15) is 17.8 Å². The Hall–Kier alpha value is -2.36. The molecule has 0 bridgehead atoms. The Labute approximate surface area is 118 Å². The van der Waals surface area contributed by atoms with Crippen LogP contribution in [-0.2, 0) is 6.54 Å². The van der Waals surface area contributed by atoms with Crippen LogP contribution in [-0.4, -0.2) is 14.5 Å². The molecule has 0 aliphatic heterocycles. The van der Waals surface area contributed by atoms with Gasteiger partial charge in [-0.05, 0) is 18.9 Å². The molecule has 0 unspecified atom stereocenters. The molecular weight excluding hydrogens is 248 g/mol. The molecule has 0 atom stereocenters. The van der Waals surface area contributed by atoms with Gasteiger partial charge in [0.25, 0.3) is 0 Å². The van der Waals surface area contributed by atoms with E-state index in [1.54, 1.807) is 0 Å². The van der Waals surface area contributed by atoms with E-state index in [0.29, 0.717) is 5.82 Å². The predicted octanol–water partition coefficient (Wildman–Crippen LogP) is 3.40. The van der Waals surface area contributed by atoms with Gasteiger partial charge in [-0.25, -0.2) is 9.97 Å². The Morgan fingerprint density at radius 1 is 1.15 bits per heavy atom. The standard InChI is InChI=1S/C16H18N4/c1-3-8-20-9-13(12-6-4-11(2)5-7-12)14-15(17)18-10-19-16(14)20/h4-7,9-10H,3,8H2,1-2H3,(H2,17,18,19). The van der Waals surface area contributed by atoms with Crippen LogP contribution in [0.25, 0.3) is 22.2 Å². The van der Waals surface area contributed by atoms with E-state index in [0.717, 1.165) is 35.1 Å². The zero-order valence-corrected chi connectivity index (χ0v) is 11.8. The Balaban J connectivity index is 2.27. The summed E-state index contributed by atoms with van der Waals surface area (Å²) in [6.07, 6.45) is 4.72. The molecule has 0 aliphatic rings. The number of hydrogen-bond acceptors (Lipinski definition) is 3. The molecule has 3 rings (SSSR count). The molecule has 3 aromatic rings. The Kier molecular flexibility index (Phi) is 3.14. The number of fused-ring (bicyclic) bond motifs is 1. The lowest BCUT2D eigenvalue weighted by Gasteiger charge is -2.02. The molecule has 2 aromatic heterocycles. The van der Waals surface area contributed by atoms with Crippen molar-refractivity contribution >= 4 is 16.9 Å². The van der Waals surface area contributed by atoms with Crippen LogP contribution in [0.5, 0.6) is 0 Å². The van der Waals surface area contributed by atoms with Crippen LogP contribution in [0.2, 0.25) is 0 Å². The predicted molar refractivity (Wildman–Crippen MR) is 82.4 cm³/mol. The third-order valence-electron chi connectivity index (χ3n) is 3.51. The summed E-state index contributed by atoms with van der Waals surface area (Å²) in [6, 6.07) is 8.45. The summed E-state index contributed by atoms with van der Waals surface area (Å²) in [7, 11) is 0. The van der Waals surface area contributed by atoms with Crippen molar-refractivity contribution < 1.29 is 0 Å². The van der Waals surface area contributed by atoms with Gasteiger partial charge in [0, 0.05) is 18.3 Å². The molecule has 0 saturated heterocycles. The quantitative estimate of drug-likeness (QED) is 0.790. The largest absolute Gasteiger partial charge is 0.383 e. The first-order valence-corrected chi connectivity index (χ1v) is 6.87. The first-order valence-electron chi connectivity index (χ1n) is 6.87. The Morgan fingerprint density at radius 2 is 1.90 bits per heavy atom. The van der Waals surface area contributed by atoms with E-state index in [4.69, 9.17) is 5.73 Å². The van der Waals surface area contributed by atoms with Crippen LogP contribution >= 0.6 is 0 Å². The molecule has 0 saturated carbocycles. The fourth-order valence-electron chi connectivity index (χ4n) is 2.51. The number of nitrogen functional groups attached to an aromatic ring is 1. The molecule has 0 spiro atoms. The summed E-state index contributed by atoms with van der Waals surface area (Å²) in [5.41, 5.74) is 10.5. The normalized spacial score (nSPS) is 11.1. The van der Waals surface area contributed by atoms with E-state index in [-0.39, 0.29) is 0 Å². The van der Waals surface area contributed by atoms with Crippen molar-refractivity contribution in [3.8, 4) is 11.1 Å². The molecule has 0 radical (unpaired) electrons. The van der Waals surface area contributed by atoms with Crippen LogP contribution in [0.3, 0.4) is 0 Å². The van der Waals surface area contributed by atoms with E-state index in [1.165, 1.54) is 11.9 Å². The van der Waals surface area contributed by atoms with Gasteiger partial charge < -0.3 is 10.3 Å². The molecule has 4 heteroatoms. The summed E-state index contributed by atoms with van der Waals surface area (Å²) in [6.45, 7) is 5.17. The third kappa shape index (κ3) is 2.03. The van der Waals surface area contributed by atoms with E-state index in [1.807, 2.05) is 0 Å². The van der Waals surface area contributed by atoms with Gasteiger partial charge in [-0.3, -0.25) is 0 Å². The molecule has 0 fully saturated rings. The number of aromatic nitrogens is 3. The van der Waals surface area contributed by atoms with Crippen LogP contribution in [0, 0.1) is 6.92 Å². The topological polar surface area (TPSA) is 56.7 Å². The van der Waals surface area contributed by atoms with E-state index in [9.17, 15) is 0 Å². The molecule has 0 aliphatic carbocycles. The highest BCUT2D eigenvalue weighted by Gasteiger charge is 2.14. The number of rotatable bonds is 3. The lowest BCUT2D eigenvalue weighted by atomic mass is 10.0. The summed E-state index contributed by atoms with van der Waals surface area (Å²) in [5.74, 6) is 0.542. The second-order valence-corrected chi connectivity index (χ2v) is 5.06. The number of anilines is 1. The highest BCUT2D eigenvalue weighted by atomic mass is 15.1. The first-order chi connectivity index (χ1) is 9.70. The van der Waals surface area contributed by atoms with Crippen molar-refractivity contribution in [1.29, 1.82) is 0 Å². The maximum Gasteiger partial charge on any atom is 0.146 e. The van der Waals surface area contributed by atoms with Crippen LogP contribution < -0.4 is 5.73 Å². The second-order valence-electron chi connectivity index (χ2n) is 5.06. The SMILES string of the molecule is CCCn1cc(-c2ccc(C)cc2)c2c(N)ncnc21. The molecule has 20 heavy (non-hydrogen) atoms. The van der Waals surface area contributed by atoms with Gasteiger partial charge in [-0.2, -0.15) is 0 Å². The summed E-state index contributed by atoms with van der Waals surface area (Å²) in [5, 5.41) is 0.949. The van der Waals surface area contributed by atoms with Crippen molar-refractivity contribution in [2.24, 2.45) is 0 Å². The lowest BCUT2D eigenvalue weighted by Crippen LogP contribution is -1.98. The van der Waals surface area contributed by atoms with Crippen LogP contribution in [0.1, 0.15) is 18.9 Å². The third-order valence-corrected chi connectivity index (χ3v) is 3.51. The number of nitrogens with two attached hydrogens (primary N) is 1. The number of aryl methyl sites for hydroxylation is 2. The highest BCUT2D eigenvalue weighted by Crippen LogP contribution is 2.32. The van der Waals surface area contributed by atoms with Gasteiger partial charge in [-0.1, -0.05) is 36.8 Å². The van der Waals surface area contributed by atoms with Crippen molar-refractivity contribution in [3.63, 3.8) is 0 Å². The first kappa shape index (κ1) is 12.7. The number of nitrogens with zero attached hydrogens (tertiary/aromatic N) is 3. The fourth-order valence-corrected chi connectivity index (χ4v) is 2.51. The van der Waals surface area contributed by atoms with Crippen molar-refractivity contribution in [1.82, 2.24) is 14.5 Å². The maximum atomic E-state index is 6.07. The highest BCUT2D eigenvalue weighted by molar-refractivity contribution is 6.00. The van der Waals surface area contributed by atoms with Crippen molar-refractivity contribution in [2.45, 2.75) is 26.8 Å². The molecule has 1 aromatic carbocycles. The smallest absolute Gasteiger partial charge is 0.146 e. The Bertz CT molecular complexity index is 741. The van der Waals surface area contributed by atoms with Gasteiger partial charge in [0.15, 0.2) is 0 Å². The van der Waals surface area contributed by atoms with Gasteiger partial charge in [-0.15, -0.1) is 0 Å².